The Morgan fingerprint density at radius 2 is 1.85 bits per heavy atom. The molecule has 1 saturated heterocycles. The van der Waals surface area contributed by atoms with Crippen molar-refractivity contribution in [2.24, 2.45) is 28.8 Å². The van der Waals surface area contributed by atoms with E-state index in [-0.39, 0.29) is 41.2 Å². The van der Waals surface area contributed by atoms with Crippen molar-refractivity contribution >= 4 is 39.9 Å². The minimum Gasteiger partial charge on any atom is -0.493 e. The van der Waals surface area contributed by atoms with Gasteiger partial charge in [-0.1, -0.05) is 28.1 Å². The van der Waals surface area contributed by atoms with Gasteiger partial charge in [-0.25, -0.2) is 0 Å². The molecule has 3 aliphatic rings. The first kappa shape index (κ1) is 17.9. The summed E-state index contributed by atoms with van der Waals surface area (Å²) in [7, 11) is 1.45. The summed E-state index contributed by atoms with van der Waals surface area (Å²) in [6, 6.07) is 3.32. The molecule has 1 heterocycles. The number of imide groups is 1. The Balaban J connectivity index is 1.66. The Morgan fingerprint density at radius 1 is 1.22 bits per heavy atom. The molecule has 1 aromatic carbocycles. The minimum atomic E-state index is -0.518. The van der Waals surface area contributed by atoms with Crippen molar-refractivity contribution in [3.05, 3.63) is 34.3 Å². The third kappa shape index (κ3) is 2.88. The minimum absolute atomic E-state index is 0.124. The van der Waals surface area contributed by atoms with Crippen LogP contribution < -0.4 is 9.47 Å². The van der Waals surface area contributed by atoms with E-state index in [4.69, 9.17) is 9.47 Å². The van der Waals surface area contributed by atoms with Gasteiger partial charge in [0.15, 0.2) is 11.5 Å². The fourth-order valence-corrected chi connectivity index (χ4v) is 4.66. The van der Waals surface area contributed by atoms with Crippen molar-refractivity contribution in [1.29, 1.82) is 0 Å². The molecule has 1 aliphatic heterocycles. The predicted molar refractivity (Wildman–Crippen MR) is 99.2 cm³/mol. The van der Waals surface area contributed by atoms with Gasteiger partial charge < -0.3 is 9.47 Å². The number of hydrogen-bond acceptors (Lipinski definition) is 6. The summed E-state index contributed by atoms with van der Waals surface area (Å²) in [5, 5.41) is 5.08. The van der Waals surface area contributed by atoms with Gasteiger partial charge >= 0.3 is 5.97 Å². The Labute approximate surface area is 164 Å². The van der Waals surface area contributed by atoms with Gasteiger partial charge in [-0.3, -0.25) is 14.4 Å². The van der Waals surface area contributed by atoms with E-state index in [2.05, 4.69) is 21.0 Å². The second kappa shape index (κ2) is 6.60. The van der Waals surface area contributed by atoms with Gasteiger partial charge in [0, 0.05) is 17.0 Å². The highest BCUT2D eigenvalue weighted by molar-refractivity contribution is 9.10. The topological polar surface area (TPSA) is 85.3 Å². The smallest absolute Gasteiger partial charge is 0.308 e. The second-order valence-electron chi connectivity index (χ2n) is 6.85. The zero-order chi connectivity index (χ0) is 19.3. The van der Waals surface area contributed by atoms with Crippen molar-refractivity contribution < 1.29 is 23.9 Å². The molecule has 27 heavy (non-hydrogen) atoms. The summed E-state index contributed by atoms with van der Waals surface area (Å²) in [5.41, 5.74) is 0.412. The SMILES string of the molecule is COc1cc(Br)cc(C=NN2C(=O)C3C4C=CC(C4)C3C2=O)c1OC(C)=O. The number of allylic oxidation sites excluding steroid dienone is 2. The Kier molecular flexibility index (Phi) is 4.38. The van der Waals surface area contributed by atoms with Crippen LogP contribution in [0.1, 0.15) is 18.9 Å². The van der Waals surface area contributed by atoms with Crippen LogP contribution >= 0.6 is 15.9 Å². The van der Waals surface area contributed by atoms with Gasteiger partial charge in [-0.05, 0) is 30.4 Å². The molecule has 7 nitrogen and oxygen atoms in total. The molecular weight excluding hydrogens is 416 g/mol. The summed E-state index contributed by atoms with van der Waals surface area (Å²) >= 11 is 3.36. The molecule has 1 aromatic rings. The largest absolute Gasteiger partial charge is 0.493 e. The molecule has 2 amide bonds. The van der Waals surface area contributed by atoms with Crippen molar-refractivity contribution in [3.8, 4) is 11.5 Å². The lowest BCUT2D eigenvalue weighted by molar-refractivity contribution is -0.140. The van der Waals surface area contributed by atoms with E-state index < -0.39 is 5.97 Å². The maximum atomic E-state index is 12.7. The lowest BCUT2D eigenvalue weighted by atomic mass is 9.85. The quantitative estimate of drug-likeness (QED) is 0.240. The van der Waals surface area contributed by atoms with E-state index in [0.29, 0.717) is 15.8 Å². The number of methoxy groups -OCH3 is 1. The number of halogens is 1. The number of fused-ring (bicyclic) bond motifs is 5. The van der Waals surface area contributed by atoms with Crippen LogP contribution in [0.25, 0.3) is 0 Å². The number of rotatable bonds is 4. The highest BCUT2D eigenvalue weighted by Gasteiger charge is 2.59. The first-order chi connectivity index (χ1) is 12.9. The number of benzene rings is 1. The summed E-state index contributed by atoms with van der Waals surface area (Å²) < 4.78 is 11.2. The summed E-state index contributed by atoms with van der Waals surface area (Å²) in [6.45, 7) is 1.28. The van der Waals surface area contributed by atoms with Gasteiger partial charge in [0.05, 0.1) is 25.2 Å². The van der Waals surface area contributed by atoms with E-state index in [1.54, 1.807) is 12.1 Å². The summed E-state index contributed by atoms with van der Waals surface area (Å²) in [4.78, 5) is 36.8. The van der Waals surface area contributed by atoms with Crippen LogP contribution in [0.2, 0.25) is 0 Å². The van der Waals surface area contributed by atoms with Crippen molar-refractivity contribution in [1.82, 2.24) is 5.01 Å². The third-order valence-electron chi connectivity index (χ3n) is 5.27. The molecule has 4 atom stereocenters. The third-order valence-corrected chi connectivity index (χ3v) is 5.73. The number of hydrogen-bond donors (Lipinski definition) is 0. The van der Waals surface area contributed by atoms with E-state index in [0.717, 1.165) is 11.4 Å². The average Bonchev–Trinajstić information content (AvgIpc) is 3.29. The fourth-order valence-electron chi connectivity index (χ4n) is 4.21. The Morgan fingerprint density at radius 3 is 2.41 bits per heavy atom. The van der Waals surface area contributed by atoms with Gasteiger partial charge in [-0.2, -0.15) is 10.1 Å². The molecule has 2 bridgehead atoms. The van der Waals surface area contributed by atoms with E-state index in [1.165, 1.54) is 20.2 Å². The molecule has 0 N–H and O–H groups in total. The molecule has 2 aliphatic carbocycles. The zero-order valence-electron chi connectivity index (χ0n) is 14.7. The summed E-state index contributed by atoms with van der Waals surface area (Å²) in [5.74, 6) is -0.918. The van der Waals surface area contributed by atoms with Gasteiger partial charge in [-0.15, -0.1) is 0 Å². The van der Waals surface area contributed by atoms with Crippen molar-refractivity contribution in [2.75, 3.05) is 7.11 Å². The lowest BCUT2D eigenvalue weighted by Crippen LogP contribution is -2.28. The van der Waals surface area contributed by atoms with Crippen molar-refractivity contribution in [3.63, 3.8) is 0 Å². The maximum absolute atomic E-state index is 12.7. The molecular formula is C19H17BrN2O5. The number of amides is 2. The van der Waals surface area contributed by atoms with Crippen LogP contribution in [0, 0.1) is 23.7 Å². The van der Waals surface area contributed by atoms with Crippen LogP contribution in [-0.4, -0.2) is 36.1 Å². The summed E-state index contributed by atoms with van der Waals surface area (Å²) in [6.07, 6.45) is 6.27. The molecule has 4 unspecified atom stereocenters. The highest BCUT2D eigenvalue weighted by atomic mass is 79.9. The van der Waals surface area contributed by atoms with Crippen molar-refractivity contribution in [2.45, 2.75) is 13.3 Å². The first-order valence-corrected chi connectivity index (χ1v) is 9.36. The van der Waals surface area contributed by atoms with Crippen LogP contribution in [0.3, 0.4) is 0 Å². The highest BCUT2D eigenvalue weighted by Crippen LogP contribution is 2.52. The number of nitrogens with zero attached hydrogens (tertiary/aromatic N) is 2. The number of hydrazone groups is 1. The van der Waals surface area contributed by atoms with Gasteiger partial charge in [0.1, 0.15) is 0 Å². The molecule has 140 valence electrons. The first-order valence-electron chi connectivity index (χ1n) is 8.56. The second-order valence-corrected chi connectivity index (χ2v) is 7.77. The Bertz CT molecular complexity index is 880. The van der Waals surface area contributed by atoms with Crippen LogP contribution in [0.4, 0.5) is 0 Å². The zero-order valence-corrected chi connectivity index (χ0v) is 16.3. The van der Waals surface area contributed by atoms with E-state index in [9.17, 15) is 14.4 Å². The number of esters is 1. The number of carbonyl (C=O) groups is 3. The molecule has 0 aromatic heterocycles. The number of carbonyl (C=O) groups excluding carboxylic acids is 3. The van der Waals surface area contributed by atoms with Gasteiger partial charge in [0.2, 0.25) is 0 Å². The maximum Gasteiger partial charge on any atom is 0.308 e. The normalized spacial score (nSPS) is 28.3. The molecule has 0 spiro atoms. The molecule has 4 rings (SSSR count). The predicted octanol–water partition coefficient (Wildman–Crippen LogP) is 2.52. The van der Waals surface area contributed by atoms with E-state index in [1.807, 2.05) is 12.2 Å². The number of ether oxygens (including phenoxy) is 2. The van der Waals surface area contributed by atoms with Crippen LogP contribution in [0.15, 0.2) is 33.9 Å². The van der Waals surface area contributed by atoms with Gasteiger partial charge in [0.25, 0.3) is 11.8 Å². The fraction of sp³-hybridized carbons (Fsp3) is 0.368. The van der Waals surface area contributed by atoms with E-state index >= 15 is 0 Å². The molecule has 2 fully saturated rings. The average molecular weight is 433 g/mol. The molecule has 1 saturated carbocycles. The monoisotopic (exact) mass is 432 g/mol. The van der Waals surface area contributed by atoms with Crippen LogP contribution in [0.5, 0.6) is 11.5 Å². The standard InChI is InChI=1S/C19H17BrN2O5/c1-9(23)27-17-12(6-13(20)7-14(17)26-2)8-21-22-18(24)15-10-3-4-11(5-10)16(15)19(22)25/h3-4,6-8,10-11,15-16H,5H2,1-2H3. The lowest BCUT2D eigenvalue weighted by Gasteiger charge is -2.13. The molecule has 8 heteroatoms. The molecule has 0 radical (unpaired) electrons. The van der Waals surface area contributed by atoms with Crippen LogP contribution in [-0.2, 0) is 14.4 Å². The Hall–Kier alpha value is -2.48.